The van der Waals surface area contributed by atoms with Crippen molar-refractivity contribution in [1.82, 2.24) is 4.72 Å². The molecule has 1 aliphatic rings. The number of aryl methyl sites for hydroxylation is 2. The standard InChI is InChI=1S/C14H15FN2O2S2/c15-11-4-2-6-13(14(11)16)21(18,19)17-8-10-7-9-3-1-5-12(9)20-10/h2,4,6-7,17H,1,3,5,8,16H2. The van der Waals surface area contributed by atoms with Crippen LogP contribution in [0.4, 0.5) is 10.1 Å². The van der Waals surface area contributed by atoms with E-state index in [-0.39, 0.29) is 17.1 Å². The third kappa shape index (κ3) is 2.81. The molecule has 21 heavy (non-hydrogen) atoms. The van der Waals surface area contributed by atoms with Gasteiger partial charge in [-0.3, -0.25) is 0 Å². The Kier molecular flexibility index (Phi) is 3.73. The number of rotatable bonds is 4. The highest BCUT2D eigenvalue weighted by molar-refractivity contribution is 7.89. The van der Waals surface area contributed by atoms with Crippen LogP contribution in [-0.4, -0.2) is 8.42 Å². The van der Waals surface area contributed by atoms with Crippen LogP contribution in [0.25, 0.3) is 0 Å². The van der Waals surface area contributed by atoms with Gasteiger partial charge in [-0.05, 0) is 43.0 Å². The van der Waals surface area contributed by atoms with E-state index >= 15 is 0 Å². The van der Waals surface area contributed by atoms with Gasteiger partial charge in [-0.15, -0.1) is 11.3 Å². The molecule has 3 rings (SSSR count). The molecule has 1 aliphatic carbocycles. The van der Waals surface area contributed by atoms with Crippen molar-refractivity contribution >= 4 is 27.0 Å². The molecule has 0 radical (unpaired) electrons. The number of sulfonamides is 1. The van der Waals surface area contributed by atoms with E-state index in [1.54, 1.807) is 11.3 Å². The Hall–Kier alpha value is -1.44. The number of nitrogen functional groups attached to an aromatic ring is 1. The first-order valence-electron chi connectivity index (χ1n) is 6.61. The maximum Gasteiger partial charge on any atom is 0.243 e. The molecule has 0 aliphatic heterocycles. The molecule has 0 spiro atoms. The van der Waals surface area contributed by atoms with Crippen LogP contribution in [0.3, 0.4) is 0 Å². The monoisotopic (exact) mass is 326 g/mol. The molecule has 0 unspecified atom stereocenters. The predicted octanol–water partition coefficient (Wildman–Crippen LogP) is 2.44. The molecule has 4 nitrogen and oxygen atoms in total. The van der Waals surface area contributed by atoms with Gasteiger partial charge in [-0.1, -0.05) is 6.07 Å². The van der Waals surface area contributed by atoms with Gasteiger partial charge in [0.2, 0.25) is 10.0 Å². The quantitative estimate of drug-likeness (QED) is 0.848. The van der Waals surface area contributed by atoms with Gasteiger partial charge < -0.3 is 5.73 Å². The Morgan fingerprint density at radius 3 is 2.90 bits per heavy atom. The second-order valence-electron chi connectivity index (χ2n) is 4.99. The van der Waals surface area contributed by atoms with Gasteiger partial charge in [-0.2, -0.15) is 0 Å². The minimum absolute atomic E-state index is 0.204. The second-order valence-corrected chi connectivity index (χ2v) is 7.95. The van der Waals surface area contributed by atoms with Crippen LogP contribution in [0.1, 0.15) is 21.7 Å². The Morgan fingerprint density at radius 2 is 2.14 bits per heavy atom. The van der Waals surface area contributed by atoms with Crippen molar-refractivity contribution in [3.63, 3.8) is 0 Å². The van der Waals surface area contributed by atoms with Crippen LogP contribution in [0.2, 0.25) is 0 Å². The van der Waals surface area contributed by atoms with E-state index in [1.165, 1.54) is 29.0 Å². The fourth-order valence-corrected chi connectivity index (χ4v) is 4.91. The van der Waals surface area contributed by atoms with E-state index in [0.717, 1.165) is 23.8 Å². The zero-order chi connectivity index (χ0) is 15.0. The van der Waals surface area contributed by atoms with Crippen molar-refractivity contribution in [3.8, 4) is 0 Å². The van der Waals surface area contributed by atoms with Crippen LogP contribution in [0.5, 0.6) is 0 Å². The summed E-state index contributed by atoms with van der Waals surface area (Å²) in [5.41, 5.74) is 6.48. The van der Waals surface area contributed by atoms with Gasteiger partial charge in [0.1, 0.15) is 10.7 Å². The molecule has 0 saturated heterocycles. The topological polar surface area (TPSA) is 72.2 Å². The molecule has 3 N–H and O–H groups in total. The molecule has 0 fully saturated rings. The molecule has 0 bridgehead atoms. The van der Waals surface area contributed by atoms with Gasteiger partial charge in [0.25, 0.3) is 0 Å². The predicted molar refractivity (Wildman–Crippen MR) is 81.2 cm³/mol. The Bertz CT molecular complexity index is 763. The van der Waals surface area contributed by atoms with Crippen LogP contribution in [-0.2, 0) is 29.4 Å². The van der Waals surface area contributed by atoms with E-state index in [0.29, 0.717) is 0 Å². The zero-order valence-corrected chi connectivity index (χ0v) is 12.9. The number of hydrogen-bond donors (Lipinski definition) is 2. The summed E-state index contributed by atoms with van der Waals surface area (Å²) in [6, 6.07) is 5.82. The van der Waals surface area contributed by atoms with Gasteiger partial charge in [-0.25, -0.2) is 17.5 Å². The first-order valence-corrected chi connectivity index (χ1v) is 8.91. The number of thiophene rings is 1. The third-order valence-corrected chi connectivity index (χ3v) is 6.23. The molecule has 1 aromatic carbocycles. The minimum atomic E-state index is -3.81. The fourth-order valence-electron chi connectivity index (χ4n) is 2.47. The molecule has 0 saturated carbocycles. The first kappa shape index (κ1) is 14.5. The van der Waals surface area contributed by atoms with Crippen LogP contribution in [0, 0.1) is 5.82 Å². The lowest BCUT2D eigenvalue weighted by Gasteiger charge is -2.08. The number of nitrogens with one attached hydrogen (secondary N) is 1. The summed E-state index contributed by atoms with van der Waals surface area (Å²) >= 11 is 1.63. The van der Waals surface area contributed by atoms with Crippen molar-refractivity contribution in [3.05, 3.63) is 45.4 Å². The first-order chi connectivity index (χ1) is 9.97. The molecular formula is C14H15FN2O2S2. The summed E-state index contributed by atoms with van der Waals surface area (Å²) < 4.78 is 40.3. The lowest BCUT2D eigenvalue weighted by Crippen LogP contribution is -2.24. The highest BCUT2D eigenvalue weighted by Crippen LogP contribution is 2.30. The van der Waals surface area contributed by atoms with E-state index in [4.69, 9.17) is 5.73 Å². The minimum Gasteiger partial charge on any atom is -0.395 e. The van der Waals surface area contributed by atoms with Gasteiger partial charge >= 0.3 is 0 Å². The van der Waals surface area contributed by atoms with E-state index < -0.39 is 15.8 Å². The number of hydrogen-bond acceptors (Lipinski definition) is 4. The van der Waals surface area contributed by atoms with Crippen LogP contribution in [0.15, 0.2) is 29.2 Å². The van der Waals surface area contributed by atoms with Crippen LogP contribution < -0.4 is 10.5 Å². The summed E-state index contributed by atoms with van der Waals surface area (Å²) in [5, 5.41) is 0. The van der Waals surface area contributed by atoms with Gasteiger partial charge in [0.05, 0.1) is 5.69 Å². The molecule has 7 heteroatoms. The number of halogens is 1. The van der Waals surface area contributed by atoms with Crippen molar-refractivity contribution < 1.29 is 12.8 Å². The van der Waals surface area contributed by atoms with Crippen molar-refractivity contribution in [2.75, 3.05) is 5.73 Å². The summed E-state index contributed by atoms with van der Waals surface area (Å²) in [6.07, 6.45) is 3.31. The SMILES string of the molecule is Nc1c(F)cccc1S(=O)(=O)NCc1cc2c(s1)CCC2. The maximum absolute atomic E-state index is 13.4. The molecule has 2 aromatic rings. The van der Waals surface area contributed by atoms with E-state index in [9.17, 15) is 12.8 Å². The summed E-state index contributed by atoms with van der Waals surface area (Å²) in [5.74, 6) is -0.729. The van der Waals surface area contributed by atoms with E-state index in [2.05, 4.69) is 4.72 Å². The highest BCUT2D eigenvalue weighted by atomic mass is 32.2. The fraction of sp³-hybridized carbons (Fsp3) is 0.286. The molecule has 112 valence electrons. The lowest BCUT2D eigenvalue weighted by atomic mass is 10.2. The molecule has 0 amide bonds. The smallest absolute Gasteiger partial charge is 0.243 e. The largest absolute Gasteiger partial charge is 0.395 e. The normalized spacial score (nSPS) is 14.3. The third-order valence-electron chi connectivity index (χ3n) is 3.54. The summed E-state index contributed by atoms with van der Waals surface area (Å²) in [6.45, 7) is 0.204. The number of nitrogens with two attached hydrogens (primary N) is 1. The molecule has 1 aromatic heterocycles. The van der Waals surface area contributed by atoms with Gasteiger partial charge in [0.15, 0.2) is 0 Å². The number of para-hydroxylation sites is 1. The second kappa shape index (κ2) is 5.40. The summed E-state index contributed by atoms with van der Waals surface area (Å²) in [7, 11) is -3.81. The number of anilines is 1. The Morgan fingerprint density at radius 1 is 1.33 bits per heavy atom. The van der Waals surface area contributed by atoms with E-state index in [1.807, 2.05) is 6.07 Å². The molecule has 0 atom stereocenters. The number of benzene rings is 1. The molecule has 1 heterocycles. The summed E-state index contributed by atoms with van der Waals surface area (Å²) in [4.78, 5) is 2.10. The van der Waals surface area contributed by atoms with Crippen molar-refractivity contribution in [2.45, 2.75) is 30.7 Å². The Labute approximate surface area is 126 Å². The maximum atomic E-state index is 13.4. The average Bonchev–Trinajstić information content (AvgIpc) is 3.00. The zero-order valence-electron chi connectivity index (χ0n) is 11.2. The lowest BCUT2D eigenvalue weighted by molar-refractivity contribution is 0.579. The van der Waals surface area contributed by atoms with Crippen molar-refractivity contribution in [2.24, 2.45) is 0 Å². The average molecular weight is 326 g/mol. The molecular weight excluding hydrogens is 311 g/mol. The van der Waals surface area contributed by atoms with Crippen LogP contribution >= 0.6 is 11.3 Å². The Balaban J connectivity index is 1.78. The highest BCUT2D eigenvalue weighted by Gasteiger charge is 2.20. The van der Waals surface area contributed by atoms with Crippen molar-refractivity contribution in [1.29, 1.82) is 0 Å². The van der Waals surface area contributed by atoms with Gasteiger partial charge in [0, 0.05) is 16.3 Å². The number of fused-ring (bicyclic) bond motifs is 1.